The molecule has 26 heavy (non-hydrogen) atoms. The van der Waals surface area contributed by atoms with Crippen LogP contribution in [0.25, 0.3) is 11.0 Å². The molecule has 0 aliphatic carbocycles. The maximum Gasteiger partial charge on any atom is 0.326 e. The number of hydrogen-bond acceptors (Lipinski definition) is 3. The first-order valence-electron chi connectivity index (χ1n) is 8.59. The van der Waals surface area contributed by atoms with Crippen LogP contribution in [0.4, 0.5) is 0 Å². The van der Waals surface area contributed by atoms with Gasteiger partial charge in [-0.25, -0.2) is 4.79 Å². The molecule has 1 heterocycles. The maximum atomic E-state index is 12.6. The predicted molar refractivity (Wildman–Crippen MR) is 99.4 cm³/mol. The number of carbonyl (C=O) groups is 2. The van der Waals surface area contributed by atoms with Crippen molar-refractivity contribution in [3.63, 3.8) is 0 Å². The van der Waals surface area contributed by atoms with Gasteiger partial charge in [0.1, 0.15) is 11.6 Å². The molecule has 3 rings (SSSR count). The zero-order chi connectivity index (χ0) is 18.7. The lowest BCUT2D eigenvalue weighted by Gasteiger charge is -2.14. The fourth-order valence-corrected chi connectivity index (χ4v) is 2.98. The number of aliphatic carboxylic acids is 1. The molecule has 2 aromatic carbocycles. The summed E-state index contributed by atoms with van der Waals surface area (Å²) in [5.41, 5.74) is 3.34. The van der Waals surface area contributed by atoms with Crippen LogP contribution in [0.2, 0.25) is 0 Å². The first kappa shape index (κ1) is 17.7. The molecule has 134 valence electrons. The van der Waals surface area contributed by atoms with Crippen LogP contribution in [0.15, 0.2) is 52.9 Å². The second-order valence-corrected chi connectivity index (χ2v) is 6.29. The molecule has 0 saturated heterocycles. The number of aryl methyl sites for hydroxylation is 2. The summed E-state index contributed by atoms with van der Waals surface area (Å²) >= 11 is 0. The Labute approximate surface area is 151 Å². The summed E-state index contributed by atoms with van der Waals surface area (Å²) in [6.45, 7) is 3.87. The third kappa shape index (κ3) is 3.61. The average molecular weight is 351 g/mol. The summed E-state index contributed by atoms with van der Waals surface area (Å²) in [6.07, 6.45) is 1.10. The Morgan fingerprint density at radius 3 is 2.50 bits per heavy atom. The summed E-state index contributed by atoms with van der Waals surface area (Å²) in [4.78, 5) is 24.2. The number of amides is 1. The molecule has 2 N–H and O–H groups in total. The van der Waals surface area contributed by atoms with Crippen molar-refractivity contribution in [3.8, 4) is 0 Å². The highest BCUT2D eigenvalue weighted by Crippen LogP contribution is 2.26. The smallest absolute Gasteiger partial charge is 0.326 e. The maximum absolute atomic E-state index is 12.6. The molecule has 0 aliphatic rings. The second kappa shape index (κ2) is 7.44. The van der Waals surface area contributed by atoms with Crippen LogP contribution in [0, 0.1) is 6.92 Å². The largest absolute Gasteiger partial charge is 0.480 e. The van der Waals surface area contributed by atoms with Gasteiger partial charge in [0.25, 0.3) is 5.91 Å². The highest BCUT2D eigenvalue weighted by atomic mass is 16.4. The van der Waals surface area contributed by atoms with Gasteiger partial charge in [0.05, 0.1) is 0 Å². The van der Waals surface area contributed by atoms with E-state index in [1.54, 1.807) is 0 Å². The van der Waals surface area contributed by atoms with E-state index < -0.39 is 17.9 Å². The number of rotatable bonds is 6. The Morgan fingerprint density at radius 1 is 1.12 bits per heavy atom. The van der Waals surface area contributed by atoms with E-state index in [9.17, 15) is 14.7 Å². The standard InChI is InChI=1S/C21H21NO4/c1-3-14-9-10-18-16(11-14)13(2)19(26-18)20(23)22-17(21(24)25)12-15-7-5-4-6-8-15/h4-11,17H,3,12H2,1-2H3,(H,22,23)(H,24,25)/t17-/m0/s1. The van der Waals surface area contributed by atoms with Crippen molar-refractivity contribution in [2.24, 2.45) is 0 Å². The zero-order valence-electron chi connectivity index (χ0n) is 14.8. The van der Waals surface area contributed by atoms with Crippen LogP contribution in [0.1, 0.15) is 34.2 Å². The fraction of sp³-hybridized carbons (Fsp3) is 0.238. The Balaban J connectivity index is 1.84. The minimum atomic E-state index is -1.08. The molecule has 0 saturated carbocycles. The Bertz CT molecular complexity index is 943. The van der Waals surface area contributed by atoms with E-state index in [1.807, 2.05) is 55.5 Å². The third-order valence-corrected chi connectivity index (χ3v) is 4.50. The molecule has 0 aliphatic heterocycles. The van der Waals surface area contributed by atoms with Crippen molar-refractivity contribution in [3.05, 3.63) is 71.0 Å². The van der Waals surface area contributed by atoms with Gasteiger partial charge in [0, 0.05) is 17.4 Å². The van der Waals surface area contributed by atoms with Gasteiger partial charge in [0.15, 0.2) is 5.76 Å². The average Bonchev–Trinajstić information content (AvgIpc) is 2.98. The van der Waals surface area contributed by atoms with E-state index in [1.165, 1.54) is 0 Å². The van der Waals surface area contributed by atoms with Crippen LogP contribution in [-0.2, 0) is 17.6 Å². The quantitative estimate of drug-likeness (QED) is 0.709. The van der Waals surface area contributed by atoms with E-state index in [-0.39, 0.29) is 12.2 Å². The lowest BCUT2D eigenvalue weighted by atomic mass is 10.1. The zero-order valence-corrected chi connectivity index (χ0v) is 14.8. The number of nitrogens with one attached hydrogen (secondary N) is 1. The summed E-state index contributed by atoms with van der Waals surface area (Å²) in [5.74, 6) is -1.43. The molecule has 0 unspecified atom stereocenters. The molecular formula is C21H21NO4. The van der Waals surface area contributed by atoms with Crippen LogP contribution < -0.4 is 5.32 Å². The van der Waals surface area contributed by atoms with E-state index in [0.29, 0.717) is 5.58 Å². The van der Waals surface area contributed by atoms with Crippen molar-refractivity contribution in [1.29, 1.82) is 0 Å². The minimum absolute atomic E-state index is 0.160. The van der Waals surface area contributed by atoms with E-state index >= 15 is 0 Å². The SMILES string of the molecule is CCc1ccc2oc(C(=O)N[C@@H](Cc3ccccc3)C(=O)O)c(C)c2c1. The number of carbonyl (C=O) groups excluding carboxylic acids is 1. The Morgan fingerprint density at radius 2 is 1.85 bits per heavy atom. The molecule has 1 amide bonds. The topological polar surface area (TPSA) is 79.5 Å². The van der Waals surface area contributed by atoms with Crippen molar-refractivity contribution in [2.45, 2.75) is 32.7 Å². The first-order valence-corrected chi connectivity index (χ1v) is 8.59. The predicted octanol–water partition coefficient (Wildman–Crippen LogP) is 3.73. The third-order valence-electron chi connectivity index (χ3n) is 4.50. The molecular weight excluding hydrogens is 330 g/mol. The molecule has 0 bridgehead atoms. The summed E-state index contributed by atoms with van der Waals surface area (Å²) in [7, 11) is 0. The van der Waals surface area contributed by atoms with E-state index in [0.717, 1.165) is 28.5 Å². The number of furan rings is 1. The summed E-state index contributed by atoms with van der Waals surface area (Å²) in [6, 6.07) is 14.0. The van der Waals surface area contributed by atoms with Crippen molar-refractivity contribution >= 4 is 22.8 Å². The lowest BCUT2D eigenvalue weighted by Crippen LogP contribution is -2.42. The van der Waals surface area contributed by atoms with Crippen molar-refractivity contribution < 1.29 is 19.1 Å². The van der Waals surface area contributed by atoms with Crippen molar-refractivity contribution in [1.82, 2.24) is 5.32 Å². The van der Waals surface area contributed by atoms with E-state index in [2.05, 4.69) is 12.2 Å². The Hall–Kier alpha value is -3.08. The molecule has 1 atom stereocenters. The van der Waals surface area contributed by atoms with Crippen LogP contribution >= 0.6 is 0 Å². The molecule has 5 nitrogen and oxygen atoms in total. The second-order valence-electron chi connectivity index (χ2n) is 6.29. The van der Waals surface area contributed by atoms with Crippen LogP contribution in [0.5, 0.6) is 0 Å². The fourth-order valence-electron chi connectivity index (χ4n) is 2.98. The van der Waals surface area contributed by atoms with Crippen LogP contribution in [-0.4, -0.2) is 23.0 Å². The van der Waals surface area contributed by atoms with Gasteiger partial charge in [0.2, 0.25) is 0 Å². The van der Waals surface area contributed by atoms with Crippen molar-refractivity contribution in [2.75, 3.05) is 0 Å². The minimum Gasteiger partial charge on any atom is -0.480 e. The van der Waals surface area contributed by atoms with Gasteiger partial charge in [-0.05, 0) is 36.6 Å². The van der Waals surface area contributed by atoms with Gasteiger partial charge < -0.3 is 14.8 Å². The van der Waals surface area contributed by atoms with E-state index in [4.69, 9.17) is 4.42 Å². The number of carboxylic acid groups (broad SMARTS) is 1. The summed E-state index contributed by atoms with van der Waals surface area (Å²) < 4.78 is 5.69. The number of hydrogen-bond donors (Lipinski definition) is 2. The molecule has 1 aromatic heterocycles. The highest BCUT2D eigenvalue weighted by molar-refractivity contribution is 6.00. The molecule has 5 heteroatoms. The lowest BCUT2D eigenvalue weighted by molar-refractivity contribution is -0.139. The molecule has 0 spiro atoms. The molecule has 3 aromatic rings. The van der Waals surface area contributed by atoms with Gasteiger partial charge >= 0.3 is 5.97 Å². The normalized spacial score (nSPS) is 12.1. The number of fused-ring (bicyclic) bond motifs is 1. The summed E-state index contributed by atoms with van der Waals surface area (Å²) in [5, 5.41) is 12.9. The van der Waals surface area contributed by atoms with Gasteiger partial charge in [-0.15, -0.1) is 0 Å². The Kier molecular flexibility index (Phi) is 5.07. The van der Waals surface area contributed by atoms with Gasteiger partial charge in [-0.1, -0.05) is 43.3 Å². The van der Waals surface area contributed by atoms with Crippen LogP contribution in [0.3, 0.4) is 0 Å². The monoisotopic (exact) mass is 351 g/mol. The van der Waals surface area contributed by atoms with Gasteiger partial charge in [-0.2, -0.15) is 0 Å². The first-order chi connectivity index (χ1) is 12.5. The number of carboxylic acids is 1. The number of benzene rings is 2. The molecule has 0 radical (unpaired) electrons. The van der Waals surface area contributed by atoms with Gasteiger partial charge in [-0.3, -0.25) is 4.79 Å². The highest BCUT2D eigenvalue weighted by Gasteiger charge is 2.25. The molecule has 0 fully saturated rings.